The van der Waals surface area contributed by atoms with Crippen molar-refractivity contribution in [2.24, 2.45) is 23.3 Å². The molecule has 2 unspecified atom stereocenters. The first-order chi connectivity index (χ1) is 29.1. The number of benzene rings is 4. The van der Waals surface area contributed by atoms with E-state index < -0.39 is 35.8 Å². The summed E-state index contributed by atoms with van der Waals surface area (Å²) in [6, 6.07) is 25.6. The molecule has 4 amide bonds. The summed E-state index contributed by atoms with van der Waals surface area (Å²) in [7, 11) is 3.09. The number of anilines is 2. The van der Waals surface area contributed by atoms with Gasteiger partial charge in [-0.2, -0.15) is 0 Å². The second-order valence-electron chi connectivity index (χ2n) is 14.2. The summed E-state index contributed by atoms with van der Waals surface area (Å²) >= 11 is 12.1. The first kappa shape index (κ1) is 51.7. The minimum absolute atomic E-state index is 0.0424. The van der Waals surface area contributed by atoms with E-state index in [-0.39, 0.29) is 48.3 Å². The number of ketones is 2. The van der Waals surface area contributed by atoms with Crippen molar-refractivity contribution in [1.29, 1.82) is 0 Å². The van der Waals surface area contributed by atoms with E-state index in [1.165, 1.54) is 21.9 Å². The van der Waals surface area contributed by atoms with Crippen LogP contribution in [0.1, 0.15) is 59.5 Å². The Morgan fingerprint density at radius 3 is 1.13 bits per heavy atom. The Balaban J connectivity index is 0.000000377. The van der Waals surface area contributed by atoms with E-state index in [1.54, 1.807) is 86.9 Å². The van der Waals surface area contributed by atoms with Gasteiger partial charge in [0, 0.05) is 46.4 Å². The molecule has 0 radical (unpaired) electrons. The largest absolute Gasteiger partial charge is 0.473 e. The summed E-state index contributed by atoms with van der Waals surface area (Å²) in [6.07, 6.45) is 0. The van der Waals surface area contributed by atoms with E-state index in [9.17, 15) is 28.8 Å². The van der Waals surface area contributed by atoms with Crippen molar-refractivity contribution in [2.75, 3.05) is 37.0 Å². The highest BCUT2D eigenvalue weighted by Gasteiger charge is 2.24. The van der Waals surface area contributed by atoms with Crippen molar-refractivity contribution < 1.29 is 48.6 Å². The minimum atomic E-state index is -1.82. The van der Waals surface area contributed by atoms with Gasteiger partial charge in [-0.15, -0.1) is 0 Å². The van der Waals surface area contributed by atoms with Crippen LogP contribution in [0.5, 0.6) is 0 Å². The minimum Gasteiger partial charge on any atom is -0.473 e. The van der Waals surface area contributed by atoms with E-state index in [0.717, 1.165) is 0 Å². The van der Waals surface area contributed by atoms with Gasteiger partial charge in [-0.1, -0.05) is 112 Å². The van der Waals surface area contributed by atoms with Crippen molar-refractivity contribution in [1.82, 2.24) is 10.6 Å². The molecule has 0 heterocycles. The molecular weight excluding hydrogens is 843 g/mol. The quantitative estimate of drug-likeness (QED) is 0.0760. The number of aliphatic carboxylic acids is 2. The SMILES string of the molecule is CC(C)C(N)C(=O)NCC(=O)N(C)c1ccc(Cl)cc1C(=O)c1ccccc1.CC(C)C(N)C(=O)NCC(=O)N(C)c1ccc(Cl)cc1C(=O)c1ccccc1.O=C(O)C(=O)O. The van der Waals surface area contributed by atoms with Crippen molar-refractivity contribution in [3.05, 3.63) is 129 Å². The summed E-state index contributed by atoms with van der Waals surface area (Å²) in [6.45, 7) is 6.86. The molecule has 0 fully saturated rings. The molecule has 0 aliphatic rings. The van der Waals surface area contributed by atoms with E-state index in [4.69, 9.17) is 54.5 Å². The fraction of sp³-hybridized carbons (Fsp3) is 0.273. The Bertz CT molecular complexity index is 2080. The number of hydrogen-bond acceptors (Lipinski definition) is 10. The molecule has 0 bridgehead atoms. The molecule has 4 rings (SSSR count). The third-order valence-corrected chi connectivity index (χ3v) is 9.47. The molecule has 16 nitrogen and oxygen atoms in total. The molecule has 4 aromatic carbocycles. The molecule has 8 N–H and O–H groups in total. The van der Waals surface area contributed by atoms with E-state index >= 15 is 0 Å². The lowest BCUT2D eigenvalue weighted by Gasteiger charge is -2.22. The molecule has 0 aromatic heterocycles. The zero-order valence-electron chi connectivity index (χ0n) is 34.9. The summed E-state index contributed by atoms with van der Waals surface area (Å²) < 4.78 is 0. The number of nitrogens with one attached hydrogen (secondary N) is 2. The van der Waals surface area contributed by atoms with Gasteiger partial charge in [0.05, 0.1) is 36.5 Å². The Kier molecular flexibility index (Phi) is 20.6. The zero-order valence-corrected chi connectivity index (χ0v) is 36.4. The summed E-state index contributed by atoms with van der Waals surface area (Å²) in [5, 5.41) is 20.6. The van der Waals surface area contributed by atoms with Gasteiger partial charge in [0.2, 0.25) is 23.6 Å². The van der Waals surface area contributed by atoms with Crippen molar-refractivity contribution in [3.8, 4) is 0 Å². The van der Waals surface area contributed by atoms with Crippen LogP contribution in [0.3, 0.4) is 0 Å². The first-order valence-electron chi connectivity index (χ1n) is 18.9. The van der Waals surface area contributed by atoms with Crippen LogP contribution in [-0.4, -0.2) is 96.6 Å². The van der Waals surface area contributed by atoms with Gasteiger partial charge in [0.15, 0.2) is 11.6 Å². The topological polar surface area (TPSA) is 260 Å². The van der Waals surface area contributed by atoms with Crippen LogP contribution in [0, 0.1) is 11.8 Å². The molecular formula is C44H50Cl2N6O10. The van der Waals surface area contributed by atoms with E-state index in [0.29, 0.717) is 43.7 Å². The van der Waals surface area contributed by atoms with Crippen LogP contribution in [0.4, 0.5) is 11.4 Å². The zero-order chi connectivity index (χ0) is 46.8. The number of amides is 4. The maximum Gasteiger partial charge on any atom is 0.414 e. The monoisotopic (exact) mass is 892 g/mol. The van der Waals surface area contributed by atoms with Gasteiger partial charge >= 0.3 is 11.9 Å². The van der Waals surface area contributed by atoms with Gasteiger partial charge in [-0.3, -0.25) is 28.8 Å². The average Bonchev–Trinajstić information content (AvgIpc) is 3.26. The smallest absolute Gasteiger partial charge is 0.414 e. The van der Waals surface area contributed by atoms with Gasteiger partial charge in [-0.25, -0.2) is 9.59 Å². The third kappa shape index (κ3) is 15.5. The summed E-state index contributed by atoms with van der Waals surface area (Å²) in [5.41, 5.74) is 14.0. The molecule has 4 aromatic rings. The van der Waals surface area contributed by atoms with Crippen LogP contribution in [0.25, 0.3) is 0 Å². The number of carbonyl (C=O) groups excluding carboxylic acids is 6. The molecule has 18 heteroatoms. The lowest BCUT2D eigenvalue weighted by Crippen LogP contribution is -2.47. The first-order valence-corrected chi connectivity index (χ1v) is 19.7. The van der Waals surface area contributed by atoms with Crippen LogP contribution in [-0.2, 0) is 28.8 Å². The number of carboxylic acids is 2. The van der Waals surface area contributed by atoms with E-state index in [1.807, 2.05) is 39.8 Å². The lowest BCUT2D eigenvalue weighted by atomic mass is 10.0. The van der Waals surface area contributed by atoms with Crippen LogP contribution < -0.4 is 31.9 Å². The molecule has 0 aliphatic heterocycles. The number of nitrogens with two attached hydrogens (primary N) is 2. The van der Waals surface area contributed by atoms with Crippen LogP contribution >= 0.6 is 23.2 Å². The number of likely N-dealkylation sites (N-methyl/N-ethyl adjacent to an activating group) is 2. The Hall–Kier alpha value is -6.46. The highest BCUT2D eigenvalue weighted by atomic mass is 35.5. The Labute approximate surface area is 369 Å². The fourth-order valence-electron chi connectivity index (χ4n) is 5.13. The predicted octanol–water partition coefficient (Wildman–Crippen LogP) is 4.42. The van der Waals surface area contributed by atoms with Gasteiger partial charge < -0.3 is 42.1 Å². The molecule has 0 saturated carbocycles. The highest BCUT2D eigenvalue weighted by molar-refractivity contribution is 6.32. The van der Waals surface area contributed by atoms with Gasteiger partial charge in [0.1, 0.15) is 0 Å². The predicted molar refractivity (Wildman–Crippen MR) is 236 cm³/mol. The highest BCUT2D eigenvalue weighted by Crippen LogP contribution is 2.28. The second-order valence-corrected chi connectivity index (χ2v) is 15.1. The number of hydrogen-bond donors (Lipinski definition) is 6. The lowest BCUT2D eigenvalue weighted by molar-refractivity contribution is -0.159. The summed E-state index contributed by atoms with van der Waals surface area (Å²) in [5.74, 6) is -5.78. The average molecular weight is 894 g/mol. The Morgan fingerprint density at radius 1 is 0.548 bits per heavy atom. The molecule has 0 spiro atoms. The van der Waals surface area contributed by atoms with Crippen molar-refractivity contribution in [3.63, 3.8) is 0 Å². The number of carboxylic acid groups (broad SMARTS) is 2. The third-order valence-electron chi connectivity index (χ3n) is 9.00. The molecule has 2 atom stereocenters. The fourth-order valence-corrected chi connectivity index (χ4v) is 5.47. The molecule has 330 valence electrons. The molecule has 0 aliphatic carbocycles. The number of halogens is 2. The number of nitrogens with zero attached hydrogens (tertiary/aromatic N) is 2. The Morgan fingerprint density at radius 2 is 0.855 bits per heavy atom. The van der Waals surface area contributed by atoms with Crippen LogP contribution in [0.2, 0.25) is 10.0 Å². The maximum atomic E-state index is 12.9. The van der Waals surface area contributed by atoms with Gasteiger partial charge in [0.25, 0.3) is 0 Å². The standard InChI is InChI=1S/2C21H24ClN3O3.C2H2O4/c2*1-13(2)19(23)21(28)24-12-18(26)25(3)17-10-9-15(22)11-16(17)20(27)14-7-5-4-6-8-14;3-1(4)2(5)6/h2*4-11,13,19H,12,23H2,1-3H3,(H,24,28);(H,3,4)(H,5,6). The second kappa shape index (κ2) is 24.7. The van der Waals surface area contributed by atoms with Gasteiger partial charge in [-0.05, 0) is 48.2 Å². The summed E-state index contributed by atoms with van der Waals surface area (Å²) in [4.78, 5) is 95.7. The number of carbonyl (C=O) groups is 8. The van der Waals surface area contributed by atoms with E-state index in [2.05, 4.69) is 10.6 Å². The van der Waals surface area contributed by atoms with Crippen molar-refractivity contribution in [2.45, 2.75) is 39.8 Å². The maximum absolute atomic E-state index is 12.9. The number of rotatable bonds is 14. The normalized spacial score (nSPS) is 11.4. The molecule has 62 heavy (non-hydrogen) atoms. The van der Waals surface area contributed by atoms with Crippen molar-refractivity contribution >= 4 is 81.7 Å². The van der Waals surface area contributed by atoms with Crippen LogP contribution in [0.15, 0.2) is 97.1 Å². The molecule has 0 saturated heterocycles.